The van der Waals surface area contributed by atoms with Gasteiger partial charge in [-0.1, -0.05) is 23.4 Å². The summed E-state index contributed by atoms with van der Waals surface area (Å²) in [5, 5.41) is 7.02. The highest BCUT2D eigenvalue weighted by molar-refractivity contribution is 5.42. The van der Waals surface area contributed by atoms with Gasteiger partial charge in [0.15, 0.2) is 0 Å². The number of aromatic nitrogens is 1. The standard InChI is InChI=1S/C10H10N2O/c1-2-4-9(5-3-1)11-8-10-6-7-13-12-10/h1-7,11H,8H2. The Balaban J connectivity index is 1.94. The molecule has 0 saturated heterocycles. The van der Waals surface area contributed by atoms with Crippen LogP contribution in [0.4, 0.5) is 5.69 Å². The van der Waals surface area contributed by atoms with Crippen molar-refractivity contribution in [2.75, 3.05) is 5.32 Å². The molecule has 0 bridgehead atoms. The lowest BCUT2D eigenvalue weighted by Crippen LogP contribution is -1.98. The minimum absolute atomic E-state index is 0.695. The molecule has 2 rings (SSSR count). The molecular formula is C10H10N2O. The largest absolute Gasteiger partial charge is 0.379 e. The Kier molecular flexibility index (Phi) is 2.27. The molecule has 0 saturated carbocycles. The fourth-order valence-corrected chi connectivity index (χ4v) is 1.08. The van der Waals surface area contributed by atoms with Gasteiger partial charge in [-0.2, -0.15) is 0 Å². The molecule has 0 atom stereocenters. The van der Waals surface area contributed by atoms with Crippen LogP contribution in [0.5, 0.6) is 0 Å². The van der Waals surface area contributed by atoms with E-state index < -0.39 is 0 Å². The number of nitrogens with zero attached hydrogens (tertiary/aromatic N) is 1. The molecule has 0 spiro atoms. The van der Waals surface area contributed by atoms with E-state index in [1.807, 2.05) is 36.4 Å². The van der Waals surface area contributed by atoms with E-state index in [-0.39, 0.29) is 0 Å². The van der Waals surface area contributed by atoms with E-state index in [1.165, 1.54) is 0 Å². The van der Waals surface area contributed by atoms with E-state index in [4.69, 9.17) is 4.52 Å². The van der Waals surface area contributed by atoms with Crippen LogP contribution in [0.3, 0.4) is 0 Å². The van der Waals surface area contributed by atoms with Gasteiger partial charge in [0.1, 0.15) is 12.0 Å². The summed E-state index contributed by atoms with van der Waals surface area (Å²) >= 11 is 0. The lowest BCUT2D eigenvalue weighted by atomic mass is 10.3. The monoisotopic (exact) mass is 174 g/mol. The van der Waals surface area contributed by atoms with Gasteiger partial charge in [0.05, 0.1) is 6.54 Å². The van der Waals surface area contributed by atoms with Crippen LogP contribution >= 0.6 is 0 Å². The summed E-state index contributed by atoms with van der Waals surface area (Å²) in [6.07, 6.45) is 1.57. The molecule has 13 heavy (non-hydrogen) atoms. The highest BCUT2D eigenvalue weighted by atomic mass is 16.5. The van der Waals surface area contributed by atoms with E-state index in [0.29, 0.717) is 6.54 Å². The maximum absolute atomic E-state index is 4.71. The minimum atomic E-state index is 0.695. The molecule has 3 nitrogen and oxygen atoms in total. The van der Waals surface area contributed by atoms with Crippen LogP contribution < -0.4 is 5.32 Å². The molecule has 0 unspecified atom stereocenters. The first-order valence-electron chi connectivity index (χ1n) is 4.13. The number of para-hydroxylation sites is 1. The van der Waals surface area contributed by atoms with Gasteiger partial charge < -0.3 is 9.84 Å². The van der Waals surface area contributed by atoms with Crippen molar-refractivity contribution in [3.8, 4) is 0 Å². The molecule has 1 heterocycles. The van der Waals surface area contributed by atoms with Crippen LogP contribution in [0.1, 0.15) is 5.69 Å². The van der Waals surface area contributed by atoms with Crippen molar-refractivity contribution in [3.05, 3.63) is 48.4 Å². The smallest absolute Gasteiger partial charge is 0.124 e. The molecule has 1 aromatic heterocycles. The molecule has 1 N–H and O–H groups in total. The van der Waals surface area contributed by atoms with Gasteiger partial charge in [-0.05, 0) is 12.1 Å². The predicted octanol–water partition coefficient (Wildman–Crippen LogP) is 2.29. The summed E-state index contributed by atoms with van der Waals surface area (Å²) < 4.78 is 4.71. The molecule has 0 amide bonds. The lowest BCUT2D eigenvalue weighted by molar-refractivity contribution is 0.412. The molecular weight excluding hydrogens is 164 g/mol. The molecule has 3 heteroatoms. The molecule has 0 aliphatic carbocycles. The molecule has 0 radical (unpaired) electrons. The zero-order valence-corrected chi connectivity index (χ0v) is 7.10. The molecule has 1 aromatic carbocycles. The van der Waals surface area contributed by atoms with Gasteiger partial charge in [-0.25, -0.2) is 0 Å². The maximum Gasteiger partial charge on any atom is 0.124 e. The first kappa shape index (κ1) is 7.86. The van der Waals surface area contributed by atoms with E-state index in [9.17, 15) is 0 Å². The molecule has 0 aliphatic rings. The van der Waals surface area contributed by atoms with E-state index >= 15 is 0 Å². The first-order valence-corrected chi connectivity index (χ1v) is 4.13. The second kappa shape index (κ2) is 3.76. The third-order valence-electron chi connectivity index (χ3n) is 1.74. The number of anilines is 1. The Morgan fingerprint density at radius 2 is 2.00 bits per heavy atom. The van der Waals surface area contributed by atoms with Gasteiger partial charge in [0, 0.05) is 11.8 Å². The predicted molar refractivity (Wildman–Crippen MR) is 50.3 cm³/mol. The molecule has 66 valence electrons. The van der Waals surface area contributed by atoms with Gasteiger partial charge in [-0.15, -0.1) is 0 Å². The summed E-state index contributed by atoms with van der Waals surface area (Å²) in [6, 6.07) is 11.8. The van der Waals surface area contributed by atoms with Gasteiger partial charge >= 0.3 is 0 Å². The zero-order chi connectivity index (χ0) is 8.93. The fourth-order valence-electron chi connectivity index (χ4n) is 1.08. The Labute approximate surface area is 76.4 Å². The van der Waals surface area contributed by atoms with Crippen LogP contribution in [-0.2, 0) is 6.54 Å². The summed E-state index contributed by atoms with van der Waals surface area (Å²) in [5.74, 6) is 0. The number of hydrogen-bond donors (Lipinski definition) is 1. The van der Waals surface area contributed by atoms with E-state index in [0.717, 1.165) is 11.4 Å². The molecule has 0 fully saturated rings. The highest BCUT2D eigenvalue weighted by Gasteiger charge is 1.94. The Hall–Kier alpha value is -1.77. The van der Waals surface area contributed by atoms with Crippen LogP contribution in [0, 0.1) is 0 Å². The van der Waals surface area contributed by atoms with E-state index in [2.05, 4.69) is 10.5 Å². The number of benzene rings is 1. The number of nitrogens with one attached hydrogen (secondary N) is 1. The number of rotatable bonds is 3. The third kappa shape index (κ3) is 2.08. The second-order valence-corrected chi connectivity index (χ2v) is 2.71. The van der Waals surface area contributed by atoms with Gasteiger partial charge in [0.25, 0.3) is 0 Å². The third-order valence-corrected chi connectivity index (χ3v) is 1.74. The van der Waals surface area contributed by atoms with Crippen molar-refractivity contribution in [2.45, 2.75) is 6.54 Å². The molecule has 2 aromatic rings. The lowest BCUT2D eigenvalue weighted by Gasteiger charge is -2.01. The van der Waals surface area contributed by atoms with Crippen LogP contribution in [-0.4, -0.2) is 5.16 Å². The summed E-state index contributed by atoms with van der Waals surface area (Å²) in [4.78, 5) is 0. The summed E-state index contributed by atoms with van der Waals surface area (Å²) in [6.45, 7) is 0.695. The van der Waals surface area contributed by atoms with Crippen LogP contribution in [0.2, 0.25) is 0 Å². The number of hydrogen-bond acceptors (Lipinski definition) is 3. The zero-order valence-electron chi connectivity index (χ0n) is 7.10. The second-order valence-electron chi connectivity index (χ2n) is 2.71. The Morgan fingerprint density at radius 3 is 2.69 bits per heavy atom. The summed E-state index contributed by atoms with van der Waals surface area (Å²) in [5.41, 5.74) is 1.99. The van der Waals surface area contributed by atoms with Gasteiger partial charge in [-0.3, -0.25) is 0 Å². The van der Waals surface area contributed by atoms with Crippen molar-refractivity contribution in [3.63, 3.8) is 0 Å². The quantitative estimate of drug-likeness (QED) is 0.775. The first-order chi connectivity index (χ1) is 6.45. The normalized spacial score (nSPS) is 9.85. The van der Waals surface area contributed by atoms with Crippen molar-refractivity contribution < 1.29 is 4.52 Å². The summed E-state index contributed by atoms with van der Waals surface area (Å²) in [7, 11) is 0. The van der Waals surface area contributed by atoms with Crippen molar-refractivity contribution in [2.24, 2.45) is 0 Å². The average molecular weight is 174 g/mol. The van der Waals surface area contributed by atoms with E-state index in [1.54, 1.807) is 6.26 Å². The minimum Gasteiger partial charge on any atom is -0.379 e. The topological polar surface area (TPSA) is 38.1 Å². The van der Waals surface area contributed by atoms with Gasteiger partial charge in [0.2, 0.25) is 0 Å². The van der Waals surface area contributed by atoms with Crippen LogP contribution in [0.25, 0.3) is 0 Å². The SMILES string of the molecule is c1ccc(NCc2ccon2)cc1. The van der Waals surface area contributed by atoms with Crippen LogP contribution in [0.15, 0.2) is 47.2 Å². The Morgan fingerprint density at radius 1 is 1.15 bits per heavy atom. The maximum atomic E-state index is 4.71. The van der Waals surface area contributed by atoms with Crippen molar-refractivity contribution in [1.82, 2.24) is 5.16 Å². The van der Waals surface area contributed by atoms with Crippen molar-refractivity contribution >= 4 is 5.69 Å². The average Bonchev–Trinajstić information content (AvgIpc) is 2.69. The fraction of sp³-hybridized carbons (Fsp3) is 0.100. The highest BCUT2D eigenvalue weighted by Crippen LogP contribution is 2.06. The Bertz CT molecular complexity index is 342. The molecule has 0 aliphatic heterocycles. The van der Waals surface area contributed by atoms with Crippen molar-refractivity contribution in [1.29, 1.82) is 0 Å².